The lowest BCUT2D eigenvalue weighted by Gasteiger charge is -2.09. The molecule has 0 saturated heterocycles. The number of hydrogen-bond donors (Lipinski definition) is 2. The van der Waals surface area contributed by atoms with Gasteiger partial charge in [-0.25, -0.2) is 9.59 Å². The van der Waals surface area contributed by atoms with Crippen LogP contribution in [0, 0.1) is 0 Å². The molecule has 0 aliphatic heterocycles. The third kappa shape index (κ3) is 7.59. The topological polar surface area (TPSA) is 98.7 Å². The van der Waals surface area contributed by atoms with Crippen molar-refractivity contribution in [2.24, 2.45) is 7.05 Å². The summed E-state index contributed by atoms with van der Waals surface area (Å²) in [4.78, 5) is 34.4. The summed E-state index contributed by atoms with van der Waals surface area (Å²) in [6.07, 6.45) is -4.58. The third-order valence-corrected chi connectivity index (χ3v) is 2.76. The monoisotopic (exact) mass is 365 g/mol. The number of nitrogens with zero attached hydrogens (tertiary/aromatic N) is 1. The van der Waals surface area contributed by atoms with Gasteiger partial charge < -0.3 is 24.7 Å². The van der Waals surface area contributed by atoms with Gasteiger partial charge in [-0.15, -0.1) is 0 Å². The number of rotatable bonds is 7. The second-order valence-electron chi connectivity index (χ2n) is 4.86. The van der Waals surface area contributed by atoms with E-state index < -0.39 is 30.8 Å². The normalized spacial score (nSPS) is 10.9. The molecule has 2 amide bonds. The molecule has 2 N–H and O–H groups in total. The maximum Gasteiger partial charge on any atom is 0.422 e. The molecule has 25 heavy (non-hydrogen) atoms. The highest BCUT2D eigenvalue weighted by Gasteiger charge is 2.29. The minimum Gasteiger partial charge on any atom is -0.461 e. The molecule has 0 bridgehead atoms. The van der Waals surface area contributed by atoms with Crippen molar-refractivity contribution >= 4 is 23.7 Å². The maximum absolute atomic E-state index is 11.8. The molecule has 0 aromatic carbocycles. The van der Waals surface area contributed by atoms with Crippen molar-refractivity contribution < 1.29 is 37.0 Å². The van der Waals surface area contributed by atoms with Gasteiger partial charge >= 0.3 is 18.2 Å². The average Bonchev–Trinajstić information content (AvgIpc) is 2.85. The first-order valence-corrected chi connectivity index (χ1v) is 7.23. The number of alkyl carbamates (subject to hydrolysis) is 1. The van der Waals surface area contributed by atoms with E-state index in [4.69, 9.17) is 4.74 Å². The van der Waals surface area contributed by atoms with Crippen LogP contribution in [-0.2, 0) is 21.3 Å². The molecule has 1 heterocycles. The van der Waals surface area contributed by atoms with Gasteiger partial charge in [0, 0.05) is 26.2 Å². The Hall–Kier alpha value is -2.72. The van der Waals surface area contributed by atoms with Crippen molar-refractivity contribution in [1.29, 1.82) is 0 Å². The van der Waals surface area contributed by atoms with Crippen LogP contribution in [0.15, 0.2) is 12.3 Å². The van der Waals surface area contributed by atoms with Gasteiger partial charge in [0.15, 0.2) is 6.61 Å². The summed E-state index contributed by atoms with van der Waals surface area (Å²) < 4.78 is 45.8. The van der Waals surface area contributed by atoms with Gasteiger partial charge in [0.2, 0.25) is 5.91 Å². The van der Waals surface area contributed by atoms with Crippen molar-refractivity contribution in [3.05, 3.63) is 18.0 Å². The number of ether oxygens (including phenoxy) is 2. The molecule has 140 valence electrons. The molecule has 1 rings (SSSR count). The summed E-state index contributed by atoms with van der Waals surface area (Å²) in [6.45, 7) is -0.0379. The lowest BCUT2D eigenvalue weighted by Crippen LogP contribution is -2.31. The fourth-order valence-corrected chi connectivity index (χ4v) is 1.74. The fraction of sp³-hybridized carbons (Fsp3) is 0.500. The second kappa shape index (κ2) is 8.94. The van der Waals surface area contributed by atoms with Crippen molar-refractivity contribution in [1.82, 2.24) is 9.88 Å². The number of hydrogen-bond acceptors (Lipinski definition) is 5. The van der Waals surface area contributed by atoms with Crippen LogP contribution in [0.2, 0.25) is 0 Å². The first-order valence-electron chi connectivity index (χ1n) is 7.23. The predicted octanol–water partition coefficient (Wildman–Crippen LogP) is 1.82. The van der Waals surface area contributed by atoms with Crippen molar-refractivity contribution in [3.8, 4) is 0 Å². The maximum atomic E-state index is 11.8. The Bertz CT molecular complexity index is 628. The number of nitrogens with one attached hydrogen (secondary N) is 2. The van der Waals surface area contributed by atoms with Crippen molar-refractivity contribution in [3.63, 3.8) is 0 Å². The average molecular weight is 365 g/mol. The first kappa shape index (κ1) is 20.3. The Morgan fingerprint density at radius 1 is 1.24 bits per heavy atom. The lowest BCUT2D eigenvalue weighted by atomic mass is 10.3. The van der Waals surface area contributed by atoms with Crippen molar-refractivity contribution in [2.45, 2.75) is 19.5 Å². The highest BCUT2D eigenvalue weighted by atomic mass is 19.4. The minimum absolute atomic E-state index is 0.190. The molecule has 0 atom stereocenters. The molecule has 0 aliphatic rings. The standard InChI is InChI=1S/C14H18F3N3O5/c1-3-24-12(22)10-6-9(7-20(10)2)19-11(21)4-5-18-13(23)25-8-14(15,16)17/h6-7H,3-5,8H2,1-2H3,(H,18,23)(H,19,21). The van der Waals surface area contributed by atoms with Crippen LogP contribution in [0.25, 0.3) is 0 Å². The molecule has 0 aliphatic carbocycles. The zero-order chi connectivity index (χ0) is 19.0. The molecular formula is C14H18F3N3O5. The Balaban J connectivity index is 2.39. The van der Waals surface area contributed by atoms with E-state index in [0.717, 1.165) is 0 Å². The number of alkyl halides is 3. The predicted molar refractivity (Wildman–Crippen MR) is 80.0 cm³/mol. The smallest absolute Gasteiger partial charge is 0.422 e. The summed E-state index contributed by atoms with van der Waals surface area (Å²) in [7, 11) is 1.60. The largest absolute Gasteiger partial charge is 0.461 e. The zero-order valence-corrected chi connectivity index (χ0v) is 13.6. The van der Waals surface area contributed by atoms with Gasteiger partial charge in [0.25, 0.3) is 0 Å². The molecule has 0 unspecified atom stereocenters. The van der Waals surface area contributed by atoms with E-state index in [0.29, 0.717) is 5.69 Å². The number of aryl methyl sites for hydroxylation is 1. The number of aromatic nitrogens is 1. The number of carbonyl (C=O) groups excluding carboxylic acids is 3. The van der Waals surface area contributed by atoms with Crippen LogP contribution in [0.3, 0.4) is 0 Å². The van der Waals surface area contributed by atoms with Gasteiger partial charge in [0.1, 0.15) is 5.69 Å². The van der Waals surface area contributed by atoms with Crippen LogP contribution >= 0.6 is 0 Å². The molecule has 0 saturated carbocycles. The summed E-state index contributed by atoms with van der Waals surface area (Å²) in [6, 6.07) is 1.42. The molecule has 1 aromatic heterocycles. The third-order valence-electron chi connectivity index (χ3n) is 2.76. The number of halogens is 3. The first-order chi connectivity index (χ1) is 11.6. The van der Waals surface area contributed by atoms with Crippen LogP contribution in [0.4, 0.5) is 23.7 Å². The Morgan fingerprint density at radius 2 is 1.92 bits per heavy atom. The van der Waals surface area contributed by atoms with E-state index >= 15 is 0 Å². The number of anilines is 1. The summed E-state index contributed by atoms with van der Waals surface area (Å²) in [5, 5.41) is 4.51. The lowest BCUT2D eigenvalue weighted by molar-refractivity contribution is -0.160. The van der Waals surface area contributed by atoms with Crippen LogP contribution in [0.5, 0.6) is 0 Å². The van der Waals surface area contributed by atoms with E-state index in [-0.39, 0.29) is 25.3 Å². The van der Waals surface area contributed by atoms with Crippen molar-refractivity contribution in [2.75, 3.05) is 25.1 Å². The summed E-state index contributed by atoms with van der Waals surface area (Å²) in [5.74, 6) is -1.04. The van der Waals surface area contributed by atoms with Crippen LogP contribution < -0.4 is 10.6 Å². The Morgan fingerprint density at radius 3 is 2.52 bits per heavy atom. The molecule has 0 spiro atoms. The molecule has 1 aromatic rings. The summed E-state index contributed by atoms with van der Waals surface area (Å²) in [5.41, 5.74) is 0.584. The van der Waals surface area contributed by atoms with Gasteiger partial charge in [0.05, 0.1) is 12.3 Å². The molecule has 0 fully saturated rings. The number of esters is 1. The van der Waals surface area contributed by atoms with E-state index in [2.05, 4.69) is 10.1 Å². The van der Waals surface area contributed by atoms with E-state index in [1.54, 1.807) is 14.0 Å². The van der Waals surface area contributed by atoms with Crippen LogP contribution in [0.1, 0.15) is 23.8 Å². The second-order valence-corrected chi connectivity index (χ2v) is 4.86. The Labute approximate surface area is 141 Å². The molecule has 8 nitrogen and oxygen atoms in total. The van der Waals surface area contributed by atoms with Gasteiger partial charge in [-0.05, 0) is 13.0 Å². The zero-order valence-electron chi connectivity index (χ0n) is 13.6. The van der Waals surface area contributed by atoms with Gasteiger partial charge in [-0.1, -0.05) is 0 Å². The highest BCUT2D eigenvalue weighted by molar-refractivity contribution is 5.94. The molecule has 11 heteroatoms. The number of carbonyl (C=O) groups is 3. The summed E-state index contributed by atoms with van der Waals surface area (Å²) >= 11 is 0. The van der Waals surface area contributed by atoms with Gasteiger partial charge in [-0.3, -0.25) is 4.79 Å². The van der Waals surface area contributed by atoms with E-state index in [9.17, 15) is 27.6 Å². The Kier molecular flexibility index (Phi) is 7.27. The van der Waals surface area contributed by atoms with E-state index in [1.807, 2.05) is 5.32 Å². The highest BCUT2D eigenvalue weighted by Crippen LogP contribution is 2.15. The van der Waals surface area contributed by atoms with Crippen LogP contribution in [-0.4, -0.2) is 48.5 Å². The van der Waals surface area contributed by atoms with E-state index in [1.165, 1.54) is 16.8 Å². The minimum atomic E-state index is -4.61. The SMILES string of the molecule is CCOC(=O)c1cc(NC(=O)CCNC(=O)OCC(F)(F)F)cn1C. The molecule has 0 radical (unpaired) electrons. The molecular weight excluding hydrogens is 347 g/mol. The number of amides is 2. The quantitative estimate of drug-likeness (QED) is 0.718. The van der Waals surface area contributed by atoms with Gasteiger partial charge in [-0.2, -0.15) is 13.2 Å². The fourth-order valence-electron chi connectivity index (χ4n) is 1.74.